The normalized spacial score (nSPS) is 11.1. The van der Waals surface area contributed by atoms with Crippen molar-refractivity contribution >= 4 is 11.9 Å². The molecule has 5 nitrogen and oxygen atoms in total. The van der Waals surface area contributed by atoms with Crippen molar-refractivity contribution in [3.05, 3.63) is 71.5 Å². The molecule has 0 aliphatic carbocycles. The highest BCUT2D eigenvalue weighted by Crippen LogP contribution is 2.03. The first-order valence-corrected chi connectivity index (χ1v) is 8.71. The molecule has 26 heavy (non-hydrogen) atoms. The number of rotatable bonds is 8. The molecular weight excluding hydrogens is 331 g/mol. The predicted molar refractivity (Wildman–Crippen MR) is 103 cm³/mol. The van der Waals surface area contributed by atoms with Crippen molar-refractivity contribution in [1.82, 2.24) is 16.0 Å². The highest BCUT2D eigenvalue weighted by Gasteiger charge is 2.03. The Morgan fingerprint density at radius 2 is 1.69 bits per heavy atom. The van der Waals surface area contributed by atoms with Gasteiger partial charge in [0.2, 0.25) is 0 Å². The molecule has 0 fully saturated rings. The van der Waals surface area contributed by atoms with E-state index in [-0.39, 0.29) is 11.7 Å². The molecule has 0 aliphatic rings. The maximum absolute atomic E-state index is 13.1. The Kier molecular flexibility index (Phi) is 8.12. The maximum Gasteiger partial charge on any atom is 0.251 e. The van der Waals surface area contributed by atoms with Crippen LogP contribution in [-0.4, -0.2) is 38.5 Å². The van der Waals surface area contributed by atoms with Gasteiger partial charge in [0.1, 0.15) is 5.82 Å². The molecule has 0 aliphatic heterocycles. The van der Waals surface area contributed by atoms with Crippen LogP contribution in [0, 0.1) is 5.82 Å². The van der Waals surface area contributed by atoms with E-state index in [1.807, 2.05) is 24.3 Å². The average molecular weight is 356 g/mol. The van der Waals surface area contributed by atoms with E-state index in [1.165, 1.54) is 12.1 Å². The molecule has 0 aromatic heterocycles. The van der Waals surface area contributed by atoms with E-state index in [0.717, 1.165) is 12.0 Å². The standard InChI is InChI=1S/C20H25FN4O/c1-22-20(25-14-11-16-7-5-10-18(21)15-16)24-13-6-12-23-19(26)17-8-3-2-4-9-17/h2-5,7-10,15H,6,11-14H2,1H3,(H,23,26)(H2,22,24,25). The molecule has 0 heterocycles. The van der Waals surface area contributed by atoms with Crippen molar-refractivity contribution < 1.29 is 9.18 Å². The number of nitrogens with one attached hydrogen (secondary N) is 3. The van der Waals surface area contributed by atoms with Crippen LogP contribution in [0.15, 0.2) is 59.6 Å². The van der Waals surface area contributed by atoms with Gasteiger partial charge in [-0.2, -0.15) is 0 Å². The lowest BCUT2D eigenvalue weighted by atomic mass is 10.1. The van der Waals surface area contributed by atoms with Gasteiger partial charge < -0.3 is 16.0 Å². The van der Waals surface area contributed by atoms with Crippen LogP contribution in [-0.2, 0) is 6.42 Å². The summed E-state index contributed by atoms with van der Waals surface area (Å²) in [6, 6.07) is 15.7. The van der Waals surface area contributed by atoms with Gasteiger partial charge in [-0.05, 0) is 42.7 Å². The van der Waals surface area contributed by atoms with Crippen LogP contribution in [0.4, 0.5) is 4.39 Å². The summed E-state index contributed by atoms with van der Waals surface area (Å²) < 4.78 is 13.1. The number of hydrogen-bond donors (Lipinski definition) is 3. The Balaban J connectivity index is 1.59. The van der Waals surface area contributed by atoms with Gasteiger partial charge in [0.05, 0.1) is 0 Å². The lowest BCUT2D eigenvalue weighted by Crippen LogP contribution is -2.39. The first-order chi connectivity index (χ1) is 12.7. The molecule has 138 valence electrons. The highest BCUT2D eigenvalue weighted by atomic mass is 19.1. The molecule has 0 bridgehead atoms. The van der Waals surface area contributed by atoms with Crippen molar-refractivity contribution in [2.75, 3.05) is 26.7 Å². The van der Waals surface area contributed by atoms with Crippen LogP contribution in [0.2, 0.25) is 0 Å². The van der Waals surface area contributed by atoms with Crippen LogP contribution in [0.5, 0.6) is 0 Å². The topological polar surface area (TPSA) is 65.5 Å². The van der Waals surface area contributed by atoms with E-state index >= 15 is 0 Å². The first kappa shape index (κ1) is 19.4. The molecule has 2 rings (SSSR count). The number of benzene rings is 2. The summed E-state index contributed by atoms with van der Waals surface area (Å²) in [5.74, 6) is 0.404. The van der Waals surface area contributed by atoms with Crippen LogP contribution < -0.4 is 16.0 Å². The molecule has 0 radical (unpaired) electrons. The Hall–Kier alpha value is -2.89. The van der Waals surface area contributed by atoms with E-state index < -0.39 is 0 Å². The molecule has 0 saturated heterocycles. The maximum atomic E-state index is 13.1. The molecule has 2 aromatic rings. The van der Waals surface area contributed by atoms with Crippen molar-refractivity contribution in [3.8, 4) is 0 Å². The van der Waals surface area contributed by atoms with Gasteiger partial charge in [-0.25, -0.2) is 4.39 Å². The average Bonchev–Trinajstić information content (AvgIpc) is 2.67. The van der Waals surface area contributed by atoms with Crippen molar-refractivity contribution in [2.24, 2.45) is 4.99 Å². The Morgan fingerprint density at radius 1 is 0.962 bits per heavy atom. The summed E-state index contributed by atoms with van der Waals surface area (Å²) in [6.45, 7) is 1.93. The molecule has 0 unspecified atom stereocenters. The van der Waals surface area contributed by atoms with E-state index in [4.69, 9.17) is 0 Å². The molecule has 6 heteroatoms. The smallest absolute Gasteiger partial charge is 0.251 e. The van der Waals surface area contributed by atoms with Crippen LogP contribution in [0.1, 0.15) is 22.3 Å². The van der Waals surface area contributed by atoms with Crippen molar-refractivity contribution in [2.45, 2.75) is 12.8 Å². The van der Waals surface area contributed by atoms with Gasteiger partial charge in [-0.3, -0.25) is 9.79 Å². The Morgan fingerprint density at radius 3 is 2.42 bits per heavy atom. The number of halogens is 1. The zero-order valence-corrected chi connectivity index (χ0v) is 15.0. The monoisotopic (exact) mass is 356 g/mol. The fourth-order valence-corrected chi connectivity index (χ4v) is 2.43. The SMILES string of the molecule is CN=C(NCCCNC(=O)c1ccccc1)NCCc1cccc(F)c1. The predicted octanol–water partition coefficient (Wildman–Crippen LogP) is 2.35. The van der Waals surface area contributed by atoms with Crippen LogP contribution in [0.3, 0.4) is 0 Å². The second-order valence-electron chi connectivity index (χ2n) is 5.78. The second kappa shape index (κ2) is 10.9. The van der Waals surface area contributed by atoms with Gasteiger partial charge in [0, 0.05) is 32.2 Å². The minimum atomic E-state index is -0.220. The van der Waals surface area contributed by atoms with E-state index in [2.05, 4.69) is 20.9 Å². The fraction of sp³-hybridized carbons (Fsp3) is 0.300. The number of hydrogen-bond acceptors (Lipinski definition) is 2. The summed E-state index contributed by atoms with van der Waals surface area (Å²) in [4.78, 5) is 16.1. The van der Waals surface area contributed by atoms with Crippen LogP contribution in [0.25, 0.3) is 0 Å². The summed E-state index contributed by atoms with van der Waals surface area (Å²) in [5.41, 5.74) is 1.60. The summed E-state index contributed by atoms with van der Waals surface area (Å²) in [5, 5.41) is 9.27. The number of amides is 1. The van der Waals surface area contributed by atoms with Gasteiger partial charge in [-0.15, -0.1) is 0 Å². The molecule has 0 spiro atoms. The third kappa shape index (κ3) is 6.93. The number of aliphatic imine (C=N–C) groups is 1. The minimum absolute atomic E-state index is 0.0665. The fourth-order valence-electron chi connectivity index (χ4n) is 2.43. The van der Waals surface area contributed by atoms with Gasteiger partial charge in [-0.1, -0.05) is 30.3 Å². The first-order valence-electron chi connectivity index (χ1n) is 8.71. The van der Waals surface area contributed by atoms with Gasteiger partial charge in [0.15, 0.2) is 5.96 Å². The third-order valence-electron chi connectivity index (χ3n) is 3.79. The number of guanidine groups is 1. The van der Waals surface area contributed by atoms with Gasteiger partial charge in [0.25, 0.3) is 5.91 Å². The van der Waals surface area contributed by atoms with E-state index in [1.54, 1.807) is 25.2 Å². The molecular formula is C20H25FN4O. The molecule has 0 atom stereocenters. The molecule has 1 amide bonds. The highest BCUT2D eigenvalue weighted by molar-refractivity contribution is 5.94. The van der Waals surface area contributed by atoms with Crippen molar-refractivity contribution in [3.63, 3.8) is 0 Å². The lowest BCUT2D eigenvalue weighted by molar-refractivity contribution is 0.0953. The zero-order valence-electron chi connectivity index (χ0n) is 15.0. The van der Waals surface area contributed by atoms with Crippen molar-refractivity contribution in [1.29, 1.82) is 0 Å². The van der Waals surface area contributed by atoms with Crippen LogP contribution >= 0.6 is 0 Å². The molecule has 0 saturated carbocycles. The summed E-state index contributed by atoms with van der Waals surface area (Å²) in [6.07, 6.45) is 1.49. The summed E-state index contributed by atoms with van der Waals surface area (Å²) >= 11 is 0. The Bertz CT molecular complexity index is 719. The quantitative estimate of drug-likeness (QED) is 0.386. The van der Waals surface area contributed by atoms with E-state index in [9.17, 15) is 9.18 Å². The Labute approximate surface area is 153 Å². The molecule has 3 N–H and O–H groups in total. The van der Waals surface area contributed by atoms with E-state index in [0.29, 0.717) is 37.6 Å². The number of carbonyl (C=O) groups is 1. The number of nitrogens with zero attached hydrogens (tertiary/aromatic N) is 1. The summed E-state index contributed by atoms with van der Waals surface area (Å²) in [7, 11) is 1.70. The lowest BCUT2D eigenvalue weighted by Gasteiger charge is -2.12. The molecule has 2 aromatic carbocycles. The van der Waals surface area contributed by atoms with Gasteiger partial charge >= 0.3 is 0 Å². The number of carbonyl (C=O) groups excluding carboxylic acids is 1. The zero-order chi connectivity index (χ0) is 18.6. The largest absolute Gasteiger partial charge is 0.356 e. The third-order valence-corrected chi connectivity index (χ3v) is 3.79. The second-order valence-corrected chi connectivity index (χ2v) is 5.78. The minimum Gasteiger partial charge on any atom is -0.356 e.